The molecule has 0 aliphatic heterocycles. The van der Waals surface area contributed by atoms with Gasteiger partial charge in [-0.3, -0.25) is 4.99 Å². The molecule has 4 nitrogen and oxygen atoms in total. The van der Waals surface area contributed by atoms with Gasteiger partial charge in [0.1, 0.15) is 5.75 Å². The molecule has 0 radical (unpaired) electrons. The number of guanidine groups is 1. The second-order valence-electron chi connectivity index (χ2n) is 3.14. The molecular formula is C11H17ClIN3O. The Hall–Kier alpha value is -0.690. The van der Waals surface area contributed by atoms with Crippen molar-refractivity contribution in [2.24, 2.45) is 4.99 Å². The first-order valence-electron chi connectivity index (χ1n) is 4.92. The maximum atomic E-state index is 6.01. The van der Waals surface area contributed by atoms with Crippen molar-refractivity contribution in [3.8, 4) is 5.75 Å². The first kappa shape index (κ1) is 16.3. The summed E-state index contributed by atoms with van der Waals surface area (Å²) in [7, 11) is 5.14. The molecule has 96 valence electrons. The summed E-state index contributed by atoms with van der Waals surface area (Å²) in [6, 6.07) is 5.68. The summed E-state index contributed by atoms with van der Waals surface area (Å²) in [4.78, 5) is 4.01. The van der Waals surface area contributed by atoms with Gasteiger partial charge >= 0.3 is 0 Å². The zero-order valence-electron chi connectivity index (χ0n) is 10.1. The van der Waals surface area contributed by atoms with Gasteiger partial charge in [-0.1, -0.05) is 17.7 Å². The molecule has 0 unspecified atom stereocenters. The van der Waals surface area contributed by atoms with Crippen LogP contribution in [0, 0.1) is 0 Å². The van der Waals surface area contributed by atoms with Crippen molar-refractivity contribution in [3.05, 3.63) is 28.8 Å². The third-order valence-corrected chi connectivity index (χ3v) is 2.43. The zero-order chi connectivity index (χ0) is 12.0. The zero-order valence-corrected chi connectivity index (χ0v) is 13.2. The molecule has 2 N–H and O–H groups in total. The fraction of sp³-hybridized carbons (Fsp3) is 0.364. The molecule has 0 bridgehead atoms. The Labute approximate surface area is 124 Å². The number of nitrogens with zero attached hydrogens (tertiary/aromatic N) is 1. The highest BCUT2D eigenvalue weighted by molar-refractivity contribution is 14.0. The molecule has 1 rings (SSSR count). The van der Waals surface area contributed by atoms with E-state index >= 15 is 0 Å². The fourth-order valence-corrected chi connectivity index (χ4v) is 1.57. The lowest BCUT2D eigenvalue weighted by atomic mass is 10.2. The van der Waals surface area contributed by atoms with Crippen LogP contribution in [0.2, 0.25) is 5.02 Å². The Morgan fingerprint density at radius 3 is 2.65 bits per heavy atom. The SMILES string of the molecule is CN=C(NC)NCc1ccc(OC)c(Cl)c1.I. The number of aliphatic imine (C=N–C) groups is 1. The number of benzene rings is 1. The fourth-order valence-electron chi connectivity index (χ4n) is 1.28. The molecule has 0 aliphatic rings. The van der Waals surface area contributed by atoms with Crippen LogP contribution in [-0.4, -0.2) is 27.2 Å². The van der Waals surface area contributed by atoms with Crippen molar-refractivity contribution in [1.29, 1.82) is 0 Å². The van der Waals surface area contributed by atoms with Crippen LogP contribution in [0.25, 0.3) is 0 Å². The van der Waals surface area contributed by atoms with E-state index in [4.69, 9.17) is 16.3 Å². The highest BCUT2D eigenvalue weighted by Crippen LogP contribution is 2.24. The van der Waals surface area contributed by atoms with Gasteiger partial charge in [-0.05, 0) is 17.7 Å². The van der Waals surface area contributed by atoms with Crippen molar-refractivity contribution in [2.45, 2.75) is 6.54 Å². The number of nitrogens with one attached hydrogen (secondary N) is 2. The third kappa shape index (κ3) is 4.99. The topological polar surface area (TPSA) is 45.7 Å². The predicted octanol–water partition coefficient (Wildman–Crippen LogP) is 2.26. The van der Waals surface area contributed by atoms with Gasteiger partial charge in [0, 0.05) is 20.6 Å². The van der Waals surface area contributed by atoms with E-state index in [-0.39, 0.29) is 24.0 Å². The highest BCUT2D eigenvalue weighted by atomic mass is 127. The van der Waals surface area contributed by atoms with Gasteiger partial charge in [0.05, 0.1) is 12.1 Å². The number of hydrogen-bond donors (Lipinski definition) is 2. The average Bonchev–Trinajstić information content (AvgIpc) is 2.30. The molecule has 0 fully saturated rings. The first-order chi connectivity index (χ1) is 7.71. The highest BCUT2D eigenvalue weighted by Gasteiger charge is 2.02. The van der Waals surface area contributed by atoms with E-state index in [0.717, 1.165) is 11.5 Å². The van der Waals surface area contributed by atoms with Gasteiger partial charge in [-0.25, -0.2) is 0 Å². The van der Waals surface area contributed by atoms with E-state index in [9.17, 15) is 0 Å². The lowest BCUT2D eigenvalue weighted by molar-refractivity contribution is 0.415. The van der Waals surface area contributed by atoms with E-state index in [1.807, 2.05) is 25.2 Å². The lowest BCUT2D eigenvalue weighted by Crippen LogP contribution is -2.34. The molecule has 0 spiro atoms. The van der Waals surface area contributed by atoms with Crippen LogP contribution in [0.15, 0.2) is 23.2 Å². The van der Waals surface area contributed by atoms with Gasteiger partial charge in [-0.15, -0.1) is 24.0 Å². The maximum Gasteiger partial charge on any atom is 0.190 e. The predicted molar refractivity (Wildman–Crippen MR) is 82.7 cm³/mol. The van der Waals surface area contributed by atoms with E-state index in [2.05, 4.69) is 15.6 Å². The van der Waals surface area contributed by atoms with E-state index < -0.39 is 0 Å². The van der Waals surface area contributed by atoms with Crippen LogP contribution in [-0.2, 0) is 6.54 Å². The van der Waals surface area contributed by atoms with Crippen LogP contribution >= 0.6 is 35.6 Å². The number of hydrogen-bond acceptors (Lipinski definition) is 2. The van der Waals surface area contributed by atoms with Crippen molar-refractivity contribution in [3.63, 3.8) is 0 Å². The summed E-state index contributed by atoms with van der Waals surface area (Å²) in [5.41, 5.74) is 1.07. The average molecular weight is 370 g/mol. The van der Waals surface area contributed by atoms with Crippen LogP contribution in [0.3, 0.4) is 0 Å². The summed E-state index contributed by atoms with van der Waals surface area (Å²) < 4.78 is 5.08. The lowest BCUT2D eigenvalue weighted by Gasteiger charge is -2.09. The molecular weight excluding hydrogens is 352 g/mol. The molecule has 0 amide bonds. The Bertz CT molecular complexity index is 385. The van der Waals surface area contributed by atoms with E-state index in [1.54, 1.807) is 14.2 Å². The van der Waals surface area contributed by atoms with Crippen molar-refractivity contribution < 1.29 is 4.74 Å². The Balaban J connectivity index is 0.00000256. The largest absolute Gasteiger partial charge is 0.495 e. The monoisotopic (exact) mass is 369 g/mol. The molecule has 6 heteroatoms. The molecule has 0 saturated heterocycles. The minimum Gasteiger partial charge on any atom is -0.495 e. The van der Waals surface area contributed by atoms with E-state index in [1.165, 1.54) is 0 Å². The maximum absolute atomic E-state index is 6.01. The molecule has 0 aliphatic carbocycles. The minimum absolute atomic E-state index is 0. The molecule has 1 aromatic carbocycles. The smallest absolute Gasteiger partial charge is 0.190 e. The summed E-state index contributed by atoms with van der Waals surface area (Å²) in [5.74, 6) is 1.43. The van der Waals surface area contributed by atoms with Gasteiger partial charge in [-0.2, -0.15) is 0 Å². The van der Waals surface area contributed by atoms with Crippen molar-refractivity contribution >= 4 is 41.5 Å². The molecule has 0 saturated carbocycles. The number of ether oxygens (including phenoxy) is 1. The summed E-state index contributed by atoms with van der Waals surface area (Å²) in [6.45, 7) is 0.664. The Morgan fingerprint density at radius 1 is 1.47 bits per heavy atom. The quantitative estimate of drug-likeness (QED) is 0.488. The van der Waals surface area contributed by atoms with Gasteiger partial charge in [0.25, 0.3) is 0 Å². The second kappa shape index (κ2) is 8.41. The normalized spacial score (nSPS) is 10.5. The van der Waals surface area contributed by atoms with E-state index in [0.29, 0.717) is 17.3 Å². The molecule has 1 aromatic rings. The summed E-state index contributed by atoms with van der Waals surface area (Å²) in [6.07, 6.45) is 0. The van der Waals surface area contributed by atoms with Crippen LogP contribution in [0.1, 0.15) is 5.56 Å². The number of methoxy groups -OCH3 is 1. The number of rotatable bonds is 3. The van der Waals surface area contributed by atoms with Crippen molar-refractivity contribution in [1.82, 2.24) is 10.6 Å². The number of halogens is 2. The third-order valence-electron chi connectivity index (χ3n) is 2.14. The Morgan fingerprint density at radius 2 is 2.18 bits per heavy atom. The molecule has 0 aromatic heterocycles. The van der Waals surface area contributed by atoms with Gasteiger partial charge in [0.15, 0.2) is 5.96 Å². The molecule has 0 atom stereocenters. The summed E-state index contributed by atoms with van der Waals surface area (Å²) in [5, 5.41) is 6.69. The first-order valence-corrected chi connectivity index (χ1v) is 5.30. The van der Waals surface area contributed by atoms with Crippen molar-refractivity contribution in [2.75, 3.05) is 21.2 Å². The summed E-state index contributed by atoms with van der Waals surface area (Å²) >= 11 is 6.01. The molecule has 17 heavy (non-hydrogen) atoms. The Kier molecular flexibility index (Phi) is 8.07. The van der Waals surface area contributed by atoms with Crippen LogP contribution in [0.5, 0.6) is 5.75 Å². The molecule has 0 heterocycles. The standard InChI is InChI=1S/C11H16ClN3O.HI/c1-13-11(14-2)15-7-8-4-5-10(16-3)9(12)6-8;/h4-6H,7H2,1-3H3,(H2,13,14,15);1H. The van der Waals surface area contributed by atoms with Gasteiger partial charge in [0.2, 0.25) is 0 Å². The van der Waals surface area contributed by atoms with Crippen LogP contribution in [0.4, 0.5) is 0 Å². The minimum atomic E-state index is 0. The van der Waals surface area contributed by atoms with Gasteiger partial charge < -0.3 is 15.4 Å². The second-order valence-corrected chi connectivity index (χ2v) is 3.55. The van der Waals surface area contributed by atoms with Crippen LogP contribution < -0.4 is 15.4 Å².